The number of rotatable bonds is 4. The van der Waals surface area contributed by atoms with Crippen molar-refractivity contribution in [1.82, 2.24) is 4.98 Å². The zero-order valence-corrected chi connectivity index (χ0v) is 14.4. The summed E-state index contributed by atoms with van der Waals surface area (Å²) in [6, 6.07) is 10.9. The van der Waals surface area contributed by atoms with Crippen molar-refractivity contribution >= 4 is 32.6 Å². The third kappa shape index (κ3) is 3.10. The van der Waals surface area contributed by atoms with E-state index in [0.717, 1.165) is 10.2 Å². The number of para-hydroxylation sites is 1. The molecule has 1 amide bonds. The number of hydrogen-bond acceptors (Lipinski definition) is 6. The van der Waals surface area contributed by atoms with Gasteiger partial charge in [0, 0.05) is 12.1 Å². The first kappa shape index (κ1) is 15.7. The normalized spacial score (nSPS) is 12.8. The number of nitrogens with zero attached hydrogens (tertiary/aromatic N) is 1. The Morgan fingerprint density at radius 2 is 2.00 bits per heavy atom. The molecule has 25 heavy (non-hydrogen) atoms. The second kappa shape index (κ2) is 6.60. The van der Waals surface area contributed by atoms with Crippen LogP contribution >= 0.6 is 11.3 Å². The number of ether oxygens (including phenoxy) is 3. The number of aromatic nitrogens is 1. The van der Waals surface area contributed by atoms with Gasteiger partial charge in [0.15, 0.2) is 16.6 Å². The summed E-state index contributed by atoms with van der Waals surface area (Å²) in [6.45, 7) is 3.45. The van der Waals surface area contributed by atoms with Crippen molar-refractivity contribution in [2.45, 2.75) is 6.92 Å². The Hall–Kier alpha value is -2.80. The minimum atomic E-state index is -0.250. The maximum atomic E-state index is 12.6. The van der Waals surface area contributed by atoms with Crippen molar-refractivity contribution in [2.75, 3.05) is 25.1 Å². The average molecular weight is 356 g/mol. The van der Waals surface area contributed by atoms with Gasteiger partial charge in [0.1, 0.15) is 19.0 Å². The van der Waals surface area contributed by atoms with Gasteiger partial charge < -0.3 is 14.2 Å². The Bertz CT molecular complexity index is 895. The van der Waals surface area contributed by atoms with Crippen molar-refractivity contribution in [3.8, 4) is 17.2 Å². The molecule has 1 aliphatic rings. The first-order valence-electron chi connectivity index (χ1n) is 7.98. The van der Waals surface area contributed by atoms with E-state index in [1.165, 1.54) is 11.3 Å². The number of thiazole rings is 1. The predicted octanol–water partition coefficient (Wildman–Crippen LogP) is 3.72. The summed E-state index contributed by atoms with van der Waals surface area (Å²) in [5, 5.41) is 3.37. The van der Waals surface area contributed by atoms with Gasteiger partial charge in [-0.2, -0.15) is 0 Å². The number of carbonyl (C=O) groups excluding carboxylic acids is 1. The smallest absolute Gasteiger partial charge is 0.261 e. The molecule has 0 radical (unpaired) electrons. The fraction of sp³-hybridized carbons (Fsp3) is 0.222. The molecule has 128 valence electrons. The number of fused-ring (bicyclic) bond motifs is 2. The number of amides is 1. The molecule has 0 bridgehead atoms. The fourth-order valence-corrected chi connectivity index (χ4v) is 3.49. The zero-order valence-electron chi connectivity index (χ0n) is 13.6. The van der Waals surface area contributed by atoms with Crippen molar-refractivity contribution in [1.29, 1.82) is 0 Å². The molecule has 1 aliphatic heterocycles. The Kier molecular flexibility index (Phi) is 4.15. The first-order chi connectivity index (χ1) is 12.2. The molecule has 3 aromatic rings. The van der Waals surface area contributed by atoms with Gasteiger partial charge in [-0.1, -0.05) is 23.5 Å². The summed E-state index contributed by atoms with van der Waals surface area (Å²) >= 11 is 1.39. The highest BCUT2D eigenvalue weighted by Gasteiger charge is 2.17. The summed E-state index contributed by atoms with van der Waals surface area (Å²) in [5.74, 6) is 1.70. The second-order valence-corrected chi connectivity index (χ2v) is 6.40. The van der Waals surface area contributed by atoms with E-state index in [9.17, 15) is 4.79 Å². The highest BCUT2D eigenvalue weighted by Crippen LogP contribution is 2.38. The van der Waals surface area contributed by atoms with Crippen LogP contribution in [0.1, 0.15) is 17.3 Å². The van der Waals surface area contributed by atoms with Gasteiger partial charge in [-0.25, -0.2) is 4.98 Å². The SMILES string of the molecule is CCOc1ccccc1C(=O)Nc1nc2cc3c(cc2s1)OCCO3. The summed E-state index contributed by atoms with van der Waals surface area (Å²) < 4.78 is 17.6. The quantitative estimate of drug-likeness (QED) is 0.771. The first-order valence-corrected chi connectivity index (χ1v) is 8.79. The average Bonchev–Trinajstić information content (AvgIpc) is 3.01. The third-order valence-corrected chi connectivity index (χ3v) is 4.64. The van der Waals surface area contributed by atoms with E-state index in [1.54, 1.807) is 18.2 Å². The predicted molar refractivity (Wildman–Crippen MR) is 96.2 cm³/mol. The summed E-state index contributed by atoms with van der Waals surface area (Å²) in [4.78, 5) is 17.0. The van der Waals surface area contributed by atoms with Crippen LogP contribution in [0.3, 0.4) is 0 Å². The molecule has 0 saturated heterocycles. The van der Waals surface area contributed by atoms with Crippen LogP contribution in [-0.4, -0.2) is 30.7 Å². The topological polar surface area (TPSA) is 69.7 Å². The van der Waals surface area contributed by atoms with E-state index in [0.29, 0.717) is 47.8 Å². The molecule has 1 aromatic heterocycles. The molecule has 0 spiro atoms. The molecule has 0 unspecified atom stereocenters. The van der Waals surface area contributed by atoms with Gasteiger partial charge in [0.25, 0.3) is 5.91 Å². The highest BCUT2D eigenvalue weighted by molar-refractivity contribution is 7.22. The van der Waals surface area contributed by atoms with Gasteiger partial charge in [-0.3, -0.25) is 10.1 Å². The summed E-state index contributed by atoms with van der Waals surface area (Å²) in [5.41, 5.74) is 1.25. The number of hydrogen-bond donors (Lipinski definition) is 1. The van der Waals surface area contributed by atoms with Gasteiger partial charge in [-0.15, -0.1) is 0 Å². The molecule has 0 aliphatic carbocycles. The Balaban J connectivity index is 1.61. The van der Waals surface area contributed by atoms with E-state index >= 15 is 0 Å². The molecule has 6 nitrogen and oxygen atoms in total. The number of nitrogens with one attached hydrogen (secondary N) is 1. The lowest BCUT2D eigenvalue weighted by Gasteiger charge is -2.17. The van der Waals surface area contributed by atoms with Crippen molar-refractivity contribution in [2.24, 2.45) is 0 Å². The number of benzene rings is 2. The summed E-state index contributed by atoms with van der Waals surface area (Å²) in [6.07, 6.45) is 0. The standard InChI is InChI=1S/C18H16N2O4S/c1-2-22-13-6-4-3-5-11(13)17(21)20-18-19-12-9-14-15(10-16(12)25-18)24-8-7-23-14/h3-6,9-10H,2,7-8H2,1H3,(H,19,20,21). The third-order valence-electron chi connectivity index (χ3n) is 3.70. The molecule has 7 heteroatoms. The van der Waals surface area contributed by atoms with Crippen LogP contribution in [-0.2, 0) is 0 Å². The van der Waals surface area contributed by atoms with E-state index < -0.39 is 0 Å². The molecule has 1 N–H and O–H groups in total. The molecular weight excluding hydrogens is 340 g/mol. The van der Waals surface area contributed by atoms with Gasteiger partial charge >= 0.3 is 0 Å². The Morgan fingerprint density at radius 3 is 2.80 bits per heavy atom. The molecule has 2 aromatic carbocycles. The van der Waals surface area contributed by atoms with Gasteiger partial charge in [-0.05, 0) is 19.1 Å². The Morgan fingerprint density at radius 1 is 1.24 bits per heavy atom. The molecule has 0 saturated carbocycles. The van der Waals surface area contributed by atoms with Crippen molar-refractivity contribution in [3.63, 3.8) is 0 Å². The molecule has 0 atom stereocenters. The van der Waals surface area contributed by atoms with Crippen LogP contribution in [0.2, 0.25) is 0 Å². The van der Waals surface area contributed by atoms with E-state index in [1.807, 2.05) is 25.1 Å². The van der Waals surface area contributed by atoms with Gasteiger partial charge in [0.2, 0.25) is 0 Å². The van der Waals surface area contributed by atoms with Crippen LogP contribution in [0.15, 0.2) is 36.4 Å². The maximum absolute atomic E-state index is 12.6. The molecule has 4 rings (SSSR count). The van der Waals surface area contributed by atoms with Crippen LogP contribution < -0.4 is 19.5 Å². The van der Waals surface area contributed by atoms with Crippen LogP contribution in [0.25, 0.3) is 10.2 Å². The maximum Gasteiger partial charge on any atom is 0.261 e. The van der Waals surface area contributed by atoms with E-state index in [4.69, 9.17) is 14.2 Å². The fourth-order valence-electron chi connectivity index (χ4n) is 2.62. The highest BCUT2D eigenvalue weighted by atomic mass is 32.1. The minimum Gasteiger partial charge on any atom is -0.493 e. The number of carbonyl (C=O) groups is 1. The monoisotopic (exact) mass is 356 g/mol. The molecular formula is C18H16N2O4S. The molecule has 2 heterocycles. The summed E-state index contributed by atoms with van der Waals surface area (Å²) in [7, 11) is 0. The van der Waals surface area contributed by atoms with E-state index in [-0.39, 0.29) is 5.91 Å². The molecule has 0 fully saturated rings. The minimum absolute atomic E-state index is 0.250. The van der Waals surface area contributed by atoms with Crippen molar-refractivity contribution in [3.05, 3.63) is 42.0 Å². The Labute approximate surface area is 148 Å². The zero-order chi connectivity index (χ0) is 17.2. The number of anilines is 1. The lowest BCUT2D eigenvalue weighted by atomic mass is 10.2. The lowest BCUT2D eigenvalue weighted by Crippen LogP contribution is -2.15. The van der Waals surface area contributed by atoms with Gasteiger partial charge in [0.05, 0.1) is 22.4 Å². The van der Waals surface area contributed by atoms with Crippen LogP contribution in [0, 0.1) is 0 Å². The second-order valence-electron chi connectivity index (χ2n) is 5.37. The lowest BCUT2D eigenvalue weighted by molar-refractivity contribution is 0.102. The van der Waals surface area contributed by atoms with Crippen molar-refractivity contribution < 1.29 is 19.0 Å². The van der Waals surface area contributed by atoms with Crippen LogP contribution in [0.5, 0.6) is 17.2 Å². The largest absolute Gasteiger partial charge is 0.493 e. The van der Waals surface area contributed by atoms with E-state index in [2.05, 4.69) is 10.3 Å². The van der Waals surface area contributed by atoms with Crippen LogP contribution in [0.4, 0.5) is 5.13 Å².